The molecule has 0 aromatic carbocycles. The fraction of sp³-hybridized carbons (Fsp3) is 0.353. The number of halogens is 1. The van der Waals surface area contributed by atoms with Crippen LogP contribution < -0.4 is 5.32 Å². The van der Waals surface area contributed by atoms with Crippen molar-refractivity contribution in [1.82, 2.24) is 14.9 Å². The van der Waals surface area contributed by atoms with E-state index in [9.17, 15) is 4.79 Å². The molecule has 8 heteroatoms. The standard InChI is InChI=1S/C17H19ClN4O2S/c18-14-2-3-15(19-12-14)21-17(23)13-1-4-16(20-11-13)25-10-7-22-5-8-24-9-6-22/h1-4,11-12H,5-10H2,(H,19,21,23). The van der Waals surface area contributed by atoms with Crippen LogP contribution in [-0.2, 0) is 4.74 Å². The van der Waals surface area contributed by atoms with Crippen molar-refractivity contribution in [3.63, 3.8) is 0 Å². The van der Waals surface area contributed by atoms with Gasteiger partial charge in [-0.2, -0.15) is 0 Å². The number of ether oxygens (including phenoxy) is 1. The van der Waals surface area contributed by atoms with Gasteiger partial charge >= 0.3 is 0 Å². The zero-order chi connectivity index (χ0) is 17.5. The van der Waals surface area contributed by atoms with Crippen LogP contribution in [0.4, 0.5) is 5.82 Å². The van der Waals surface area contributed by atoms with Crippen molar-refractivity contribution in [1.29, 1.82) is 0 Å². The summed E-state index contributed by atoms with van der Waals surface area (Å²) in [5, 5.41) is 4.15. The number of nitrogens with zero attached hydrogens (tertiary/aromatic N) is 3. The molecule has 25 heavy (non-hydrogen) atoms. The Balaban J connectivity index is 1.47. The van der Waals surface area contributed by atoms with Crippen LogP contribution in [0.3, 0.4) is 0 Å². The maximum atomic E-state index is 12.2. The zero-order valence-corrected chi connectivity index (χ0v) is 15.2. The summed E-state index contributed by atoms with van der Waals surface area (Å²) >= 11 is 7.46. The van der Waals surface area contributed by atoms with Gasteiger partial charge in [-0.25, -0.2) is 9.97 Å². The molecule has 1 amide bonds. The van der Waals surface area contributed by atoms with E-state index in [0.717, 1.165) is 43.6 Å². The smallest absolute Gasteiger partial charge is 0.258 e. The van der Waals surface area contributed by atoms with Gasteiger partial charge in [-0.05, 0) is 24.3 Å². The van der Waals surface area contributed by atoms with Crippen LogP contribution >= 0.6 is 23.4 Å². The lowest BCUT2D eigenvalue weighted by Gasteiger charge is -2.26. The molecule has 0 saturated carbocycles. The number of hydrogen-bond donors (Lipinski definition) is 1. The first kappa shape index (κ1) is 18.1. The first-order valence-corrected chi connectivity index (χ1v) is 9.39. The molecular formula is C17H19ClN4O2S. The van der Waals surface area contributed by atoms with Crippen LogP contribution in [-0.4, -0.2) is 59.4 Å². The Morgan fingerprint density at radius 1 is 1.20 bits per heavy atom. The molecule has 1 saturated heterocycles. The van der Waals surface area contributed by atoms with E-state index in [0.29, 0.717) is 16.4 Å². The maximum absolute atomic E-state index is 12.2. The first-order chi connectivity index (χ1) is 12.2. The number of anilines is 1. The number of morpholine rings is 1. The Kier molecular flexibility index (Phi) is 6.63. The fourth-order valence-corrected chi connectivity index (χ4v) is 3.30. The molecule has 3 rings (SSSR count). The third kappa shape index (κ3) is 5.67. The number of hydrogen-bond acceptors (Lipinski definition) is 6. The van der Waals surface area contributed by atoms with Crippen LogP contribution in [0.2, 0.25) is 5.02 Å². The van der Waals surface area contributed by atoms with Crippen molar-refractivity contribution >= 4 is 35.1 Å². The van der Waals surface area contributed by atoms with Gasteiger partial charge in [-0.3, -0.25) is 9.69 Å². The average Bonchev–Trinajstić information content (AvgIpc) is 2.65. The molecule has 0 unspecified atom stereocenters. The Bertz CT molecular complexity index is 691. The Morgan fingerprint density at radius 2 is 2.04 bits per heavy atom. The molecule has 0 spiro atoms. The molecule has 0 bridgehead atoms. The van der Waals surface area contributed by atoms with Crippen molar-refractivity contribution in [3.05, 3.63) is 47.2 Å². The van der Waals surface area contributed by atoms with E-state index < -0.39 is 0 Å². The van der Waals surface area contributed by atoms with E-state index in [1.165, 1.54) is 6.20 Å². The summed E-state index contributed by atoms with van der Waals surface area (Å²) in [6.45, 7) is 4.63. The summed E-state index contributed by atoms with van der Waals surface area (Å²) in [5.74, 6) is 1.18. The van der Waals surface area contributed by atoms with Gasteiger partial charge in [0.05, 0.1) is 28.8 Å². The number of carbonyl (C=O) groups is 1. The highest BCUT2D eigenvalue weighted by Crippen LogP contribution is 2.16. The predicted molar refractivity (Wildman–Crippen MR) is 99.4 cm³/mol. The highest BCUT2D eigenvalue weighted by atomic mass is 35.5. The molecule has 1 aliphatic heterocycles. The Labute approximate surface area is 155 Å². The SMILES string of the molecule is O=C(Nc1ccc(Cl)cn1)c1ccc(SCCN2CCOCC2)nc1. The van der Waals surface area contributed by atoms with E-state index in [-0.39, 0.29) is 5.91 Å². The fourth-order valence-electron chi connectivity index (χ4n) is 2.34. The number of amides is 1. The Hall–Kier alpha value is -1.67. The highest BCUT2D eigenvalue weighted by molar-refractivity contribution is 7.99. The van der Waals surface area contributed by atoms with Crippen molar-refractivity contribution in [2.75, 3.05) is 43.9 Å². The van der Waals surface area contributed by atoms with E-state index in [4.69, 9.17) is 16.3 Å². The predicted octanol–water partition coefficient (Wildman–Crippen LogP) is 2.81. The van der Waals surface area contributed by atoms with Crippen LogP contribution in [0, 0.1) is 0 Å². The summed E-state index contributed by atoms with van der Waals surface area (Å²) in [6.07, 6.45) is 3.08. The molecule has 0 atom stereocenters. The average molecular weight is 379 g/mol. The summed E-state index contributed by atoms with van der Waals surface area (Å²) in [5.41, 5.74) is 0.495. The minimum absolute atomic E-state index is 0.243. The number of pyridine rings is 2. The van der Waals surface area contributed by atoms with E-state index in [1.54, 1.807) is 36.2 Å². The van der Waals surface area contributed by atoms with Gasteiger partial charge in [-0.15, -0.1) is 11.8 Å². The zero-order valence-electron chi connectivity index (χ0n) is 13.7. The van der Waals surface area contributed by atoms with E-state index in [1.807, 2.05) is 6.07 Å². The second kappa shape index (κ2) is 9.15. The molecule has 0 radical (unpaired) electrons. The second-order valence-electron chi connectivity index (χ2n) is 5.50. The van der Waals surface area contributed by atoms with Gasteiger partial charge in [0.25, 0.3) is 5.91 Å². The van der Waals surface area contributed by atoms with Crippen LogP contribution in [0.1, 0.15) is 10.4 Å². The topological polar surface area (TPSA) is 67.4 Å². The monoisotopic (exact) mass is 378 g/mol. The lowest BCUT2D eigenvalue weighted by atomic mass is 10.2. The van der Waals surface area contributed by atoms with Crippen LogP contribution in [0.25, 0.3) is 0 Å². The number of nitrogens with one attached hydrogen (secondary N) is 1. The summed E-state index contributed by atoms with van der Waals surface area (Å²) in [7, 11) is 0. The van der Waals surface area contributed by atoms with Crippen molar-refractivity contribution in [3.8, 4) is 0 Å². The van der Waals surface area contributed by atoms with Crippen molar-refractivity contribution < 1.29 is 9.53 Å². The van der Waals surface area contributed by atoms with E-state index in [2.05, 4.69) is 20.2 Å². The quantitative estimate of drug-likeness (QED) is 0.779. The summed E-state index contributed by atoms with van der Waals surface area (Å²) < 4.78 is 5.34. The number of rotatable bonds is 6. The molecule has 1 fully saturated rings. The third-order valence-corrected chi connectivity index (χ3v) is 4.88. The molecule has 6 nitrogen and oxygen atoms in total. The molecule has 1 aliphatic rings. The summed E-state index contributed by atoms with van der Waals surface area (Å²) in [4.78, 5) is 23.0. The normalized spacial score (nSPS) is 15.1. The molecule has 2 aromatic rings. The number of aromatic nitrogens is 2. The molecule has 2 aromatic heterocycles. The van der Waals surface area contributed by atoms with Gasteiger partial charge in [0.15, 0.2) is 0 Å². The third-order valence-electron chi connectivity index (χ3n) is 3.73. The number of thioether (sulfide) groups is 1. The minimum atomic E-state index is -0.243. The van der Waals surface area contributed by atoms with Gasteiger partial charge in [0.1, 0.15) is 5.82 Å². The second-order valence-corrected chi connectivity index (χ2v) is 7.06. The Morgan fingerprint density at radius 3 is 2.72 bits per heavy atom. The minimum Gasteiger partial charge on any atom is -0.379 e. The number of carbonyl (C=O) groups excluding carboxylic acids is 1. The van der Waals surface area contributed by atoms with Gasteiger partial charge in [0, 0.05) is 37.8 Å². The van der Waals surface area contributed by atoms with E-state index >= 15 is 0 Å². The molecular weight excluding hydrogens is 360 g/mol. The van der Waals surface area contributed by atoms with Gasteiger partial charge in [0.2, 0.25) is 0 Å². The highest BCUT2D eigenvalue weighted by Gasteiger charge is 2.11. The van der Waals surface area contributed by atoms with Crippen molar-refractivity contribution in [2.45, 2.75) is 5.03 Å². The molecule has 0 aliphatic carbocycles. The lowest BCUT2D eigenvalue weighted by Crippen LogP contribution is -2.37. The van der Waals surface area contributed by atoms with Gasteiger partial charge in [-0.1, -0.05) is 11.6 Å². The lowest BCUT2D eigenvalue weighted by molar-refractivity contribution is 0.0410. The molecule has 132 valence electrons. The van der Waals surface area contributed by atoms with Crippen LogP contribution in [0.15, 0.2) is 41.7 Å². The largest absolute Gasteiger partial charge is 0.379 e. The van der Waals surface area contributed by atoms with Crippen LogP contribution in [0.5, 0.6) is 0 Å². The maximum Gasteiger partial charge on any atom is 0.258 e. The first-order valence-electron chi connectivity index (χ1n) is 8.02. The summed E-state index contributed by atoms with van der Waals surface area (Å²) in [6, 6.07) is 6.98. The molecule has 1 N–H and O–H groups in total. The molecule has 3 heterocycles. The van der Waals surface area contributed by atoms with Crippen molar-refractivity contribution in [2.24, 2.45) is 0 Å². The van der Waals surface area contributed by atoms with Gasteiger partial charge < -0.3 is 10.1 Å².